The van der Waals surface area contributed by atoms with Crippen LogP contribution in [0, 0.1) is 10.8 Å². The SMILES string of the molecule is CC(=N)N1CCCCC1CCNCCc1cc(C(=O)O)cc(-c2cccc(C(=N)N)c2)c1. The van der Waals surface area contributed by atoms with Gasteiger partial charge in [-0.2, -0.15) is 0 Å². The fraction of sp³-hybridized carbons (Fsp3) is 0.400. The summed E-state index contributed by atoms with van der Waals surface area (Å²) in [6, 6.07) is 13.1. The predicted molar refractivity (Wildman–Crippen MR) is 129 cm³/mol. The lowest BCUT2D eigenvalue weighted by atomic mass is 9.97. The van der Waals surface area contributed by atoms with Crippen LogP contribution in [-0.4, -0.2) is 53.3 Å². The second kappa shape index (κ2) is 10.9. The number of nitrogens with zero attached hydrogens (tertiary/aromatic N) is 1. The number of carboxylic acids is 1. The number of aromatic carboxylic acids is 1. The second-order valence-corrected chi connectivity index (χ2v) is 8.44. The molecular weight excluding hydrogens is 402 g/mol. The Bertz CT molecular complexity index is 988. The molecule has 7 nitrogen and oxygen atoms in total. The molecule has 2 aromatic rings. The minimum Gasteiger partial charge on any atom is -0.478 e. The van der Waals surface area contributed by atoms with Crippen LogP contribution in [0.15, 0.2) is 42.5 Å². The van der Waals surface area contributed by atoms with Gasteiger partial charge in [0.15, 0.2) is 0 Å². The van der Waals surface area contributed by atoms with Crippen molar-refractivity contribution < 1.29 is 9.90 Å². The Morgan fingerprint density at radius 1 is 1.12 bits per heavy atom. The smallest absolute Gasteiger partial charge is 0.335 e. The van der Waals surface area contributed by atoms with Gasteiger partial charge in [0.1, 0.15) is 5.84 Å². The topological polar surface area (TPSA) is 126 Å². The van der Waals surface area contributed by atoms with E-state index in [2.05, 4.69) is 10.2 Å². The molecule has 1 aliphatic rings. The minimum absolute atomic E-state index is 0.0135. The van der Waals surface area contributed by atoms with Gasteiger partial charge in [-0.25, -0.2) is 4.79 Å². The van der Waals surface area contributed by atoms with E-state index in [0.29, 0.717) is 17.4 Å². The molecule has 0 radical (unpaired) electrons. The number of rotatable bonds is 9. The summed E-state index contributed by atoms with van der Waals surface area (Å²) in [5, 5.41) is 28.7. The highest BCUT2D eigenvalue weighted by Gasteiger charge is 2.22. The highest BCUT2D eigenvalue weighted by molar-refractivity contribution is 5.96. The van der Waals surface area contributed by atoms with Crippen molar-refractivity contribution in [2.75, 3.05) is 19.6 Å². The molecule has 2 aromatic carbocycles. The van der Waals surface area contributed by atoms with Gasteiger partial charge in [0.05, 0.1) is 11.4 Å². The third-order valence-corrected chi connectivity index (χ3v) is 6.05. The fourth-order valence-electron chi connectivity index (χ4n) is 4.36. The van der Waals surface area contributed by atoms with Crippen LogP contribution >= 0.6 is 0 Å². The molecule has 3 rings (SSSR count). The van der Waals surface area contributed by atoms with Crippen molar-refractivity contribution in [2.24, 2.45) is 5.73 Å². The first-order chi connectivity index (χ1) is 15.3. The number of amidine groups is 2. The number of nitrogens with one attached hydrogen (secondary N) is 3. The number of carbonyl (C=O) groups is 1. The number of nitrogen functional groups attached to an aromatic ring is 1. The van der Waals surface area contributed by atoms with E-state index >= 15 is 0 Å². The van der Waals surface area contributed by atoms with Crippen molar-refractivity contribution in [3.63, 3.8) is 0 Å². The maximum absolute atomic E-state index is 11.7. The number of piperidine rings is 1. The highest BCUT2D eigenvalue weighted by Crippen LogP contribution is 2.24. The summed E-state index contributed by atoms with van der Waals surface area (Å²) in [7, 11) is 0. The Morgan fingerprint density at radius 3 is 2.62 bits per heavy atom. The van der Waals surface area contributed by atoms with Crippen LogP contribution in [0.25, 0.3) is 11.1 Å². The summed E-state index contributed by atoms with van der Waals surface area (Å²) in [4.78, 5) is 13.9. The van der Waals surface area contributed by atoms with Gasteiger partial charge in [-0.1, -0.05) is 24.3 Å². The average Bonchev–Trinajstić information content (AvgIpc) is 2.79. The van der Waals surface area contributed by atoms with Crippen LogP contribution in [0.3, 0.4) is 0 Å². The van der Waals surface area contributed by atoms with E-state index in [1.807, 2.05) is 31.2 Å². The monoisotopic (exact) mass is 435 g/mol. The number of carboxylic acid groups (broad SMARTS) is 1. The average molecular weight is 436 g/mol. The molecule has 1 saturated heterocycles. The number of hydrogen-bond acceptors (Lipinski definition) is 4. The number of likely N-dealkylation sites (tertiary alicyclic amines) is 1. The van der Waals surface area contributed by atoms with E-state index in [1.165, 1.54) is 6.42 Å². The summed E-state index contributed by atoms with van der Waals surface area (Å²) < 4.78 is 0. The summed E-state index contributed by atoms with van der Waals surface area (Å²) in [6.45, 7) is 4.48. The van der Waals surface area contributed by atoms with Gasteiger partial charge in [0.2, 0.25) is 0 Å². The van der Waals surface area contributed by atoms with Crippen LogP contribution in [-0.2, 0) is 6.42 Å². The molecule has 7 heteroatoms. The quantitative estimate of drug-likeness (QED) is 0.233. The van der Waals surface area contributed by atoms with Crippen LogP contribution in [0.2, 0.25) is 0 Å². The van der Waals surface area contributed by atoms with Gasteiger partial charge in [-0.05, 0) is 87.0 Å². The minimum atomic E-state index is -0.955. The molecule has 0 aromatic heterocycles. The number of hydrogen-bond donors (Lipinski definition) is 5. The third kappa shape index (κ3) is 6.17. The molecule has 6 N–H and O–H groups in total. The van der Waals surface area contributed by atoms with Crippen molar-refractivity contribution in [2.45, 2.75) is 45.1 Å². The zero-order chi connectivity index (χ0) is 23.1. The molecule has 170 valence electrons. The molecular formula is C25H33N5O2. The summed E-state index contributed by atoms with van der Waals surface area (Å²) in [6.07, 6.45) is 5.26. The van der Waals surface area contributed by atoms with E-state index in [0.717, 1.165) is 62.0 Å². The van der Waals surface area contributed by atoms with E-state index in [1.54, 1.807) is 18.2 Å². The van der Waals surface area contributed by atoms with Gasteiger partial charge < -0.3 is 21.1 Å². The zero-order valence-electron chi connectivity index (χ0n) is 18.7. The van der Waals surface area contributed by atoms with Gasteiger partial charge in [-0.3, -0.25) is 10.8 Å². The molecule has 0 bridgehead atoms. The lowest BCUT2D eigenvalue weighted by Gasteiger charge is -2.36. The van der Waals surface area contributed by atoms with E-state index in [4.69, 9.17) is 16.6 Å². The standard InChI is InChI=1S/C25H33N5O2/c1-17(26)30-12-3-2-7-23(30)9-11-29-10-8-18-13-21(16-22(14-18)25(31)32)19-5-4-6-20(15-19)24(27)28/h4-6,13-16,23,26,29H,2-3,7-12H2,1H3,(H3,27,28)(H,31,32). The maximum atomic E-state index is 11.7. The van der Waals surface area contributed by atoms with Crippen molar-refractivity contribution >= 4 is 17.6 Å². The molecule has 0 saturated carbocycles. The molecule has 1 unspecified atom stereocenters. The molecule has 32 heavy (non-hydrogen) atoms. The molecule has 0 spiro atoms. The Kier molecular flexibility index (Phi) is 8.00. The zero-order valence-corrected chi connectivity index (χ0v) is 18.7. The van der Waals surface area contributed by atoms with Gasteiger partial charge >= 0.3 is 5.97 Å². The number of benzene rings is 2. The molecule has 1 atom stereocenters. The van der Waals surface area contributed by atoms with E-state index in [-0.39, 0.29) is 11.4 Å². The Balaban J connectivity index is 1.62. The fourth-order valence-corrected chi connectivity index (χ4v) is 4.36. The molecule has 0 aliphatic carbocycles. The van der Waals surface area contributed by atoms with Crippen molar-refractivity contribution in [1.29, 1.82) is 10.8 Å². The Labute approximate surface area is 189 Å². The first-order valence-corrected chi connectivity index (χ1v) is 11.2. The predicted octanol–water partition coefficient (Wildman–Crippen LogP) is 3.71. The van der Waals surface area contributed by atoms with E-state index < -0.39 is 5.97 Å². The van der Waals surface area contributed by atoms with Crippen LogP contribution in [0.4, 0.5) is 0 Å². The second-order valence-electron chi connectivity index (χ2n) is 8.44. The first-order valence-electron chi connectivity index (χ1n) is 11.2. The van der Waals surface area contributed by atoms with Crippen LogP contribution in [0.1, 0.15) is 54.1 Å². The largest absolute Gasteiger partial charge is 0.478 e. The summed E-state index contributed by atoms with van der Waals surface area (Å²) in [5.74, 6) is -0.315. The molecule has 0 amide bonds. The molecule has 1 fully saturated rings. The first kappa shape index (κ1) is 23.5. The third-order valence-electron chi connectivity index (χ3n) is 6.05. The Hall–Kier alpha value is -3.19. The maximum Gasteiger partial charge on any atom is 0.335 e. The van der Waals surface area contributed by atoms with E-state index in [9.17, 15) is 9.90 Å². The van der Waals surface area contributed by atoms with Gasteiger partial charge in [0.25, 0.3) is 0 Å². The van der Waals surface area contributed by atoms with Gasteiger partial charge in [0, 0.05) is 18.2 Å². The molecule has 1 aliphatic heterocycles. The summed E-state index contributed by atoms with van der Waals surface area (Å²) in [5.41, 5.74) is 9.08. The summed E-state index contributed by atoms with van der Waals surface area (Å²) >= 11 is 0. The van der Waals surface area contributed by atoms with Crippen molar-refractivity contribution in [3.05, 3.63) is 59.2 Å². The molecule has 1 heterocycles. The van der Waals surface area contributed by atoms with Crippen LogP contribution < -0.4 is 11.1 Å². The van der Waals surface area contributed by atoms with Crippen LogP contribution in [0.5, 0.6) is 0 Å². The van der Waals surface area contributed by atoms with Crippen molar-refractivity contribution in [3.8, 4) is 11.1 Å². The lowest BCUT2D eigenvalue weighted by Crippen LogP contribution is -2.43. The van der Waals surface area contributed by atoms with Crippen molar-refractivity contribution in [1.82, 2.24) is 10.2 Å². The van der Waals surface area contributed by atoms with Gasteiger partial charge in [-0.15, -0.1) is 0 Å². The Morgan fingerprint density at radius 2 is 1.91 bits per heavy atom. The lowest BCUT2D eigenvalue weighted by molar-refractivity contribution is 0.0696. The highest BCUT2D eigenvalue weighted by atomic mass is 16.4. The normalized spacial score (nSPS) is 16.0. The number of nitrogens with two attached hydrogens (primary N) is 1.